The molecule has 0 bridgehead atoms. The highest BCUT2D eigenvalue weighted by Gasteiger charge is 2.06. The van der Waals surface area contributed by atoms with Gasteiger partial charge in [-0.25, -0.2) is 0 Å². The molecule has 0 heterocycles. The molecular formula is C16H16N2O2S. The Hall–Kier alpha value is -2.27. The van der Waals surface area contributed by atoms with Crippen molar-refractivity contribution in [2.75, 3.05) is 16.9 Å². The average molecular weight is 300 g/mol. The van der Waals surface area contributed by atoms with Crippen molar-refractivity contribution in [3.8, 4) is 0 Å². The van der Waals surface area contributed by atoms with Crippen molar-refractivity contribution in [2.45, 2.75) is 11.8 Å². The van der Waals surface area contributed by atoms with E-state index in [0.717, 1.165) is 4.90 Å². The monoisotopic (exact) mass is 300 g/mol. The van der Waals surface area contributed by atoms with Crippen LogP contribution in [0.5, 0.6) is 0 Å². The Labute approximate surface area is 127 Å². The summed E-state index contributed by atoms with van der Waals surface area (Å²) in [5.74, 6) is -0.282. The van der Waals surface area contributed by atoms with Crippen LogP contribution in [-0.2, 0) is 4.79 Å². The molecule has 0 aromatic heterocycles. The lowest BCUT2D eigenvalue weighted by Gasteiger charge is -2.07. The second-order valence-electron chi connectivity index (χ2n) is 4.44. The predicted octanol–water partition coefficient (Wildman–Crippen LogP) is 3.62. The highest BCUT2D eigenvalue weighted by atomic mass is 32.2. The molecule has 2 N–H and O–H groups in total. The van der Waals surface area contributed by atoms with Gasteiger partial charge < -0.3 is 10.6 Å². The maximum absolute atomic E-state index is 12.1. The molecule has 21 heavy (non-hydrogen) atoms. The van der Waals surface area contributed by atoms with Crippen LogP contribution >= 0.6 is 11.8 Å². The van der Waals surface area contributed by atoms with E-state index in [1.165, 1.54) is 6.92 Å². The zero-order valence-electron chi connectivity index (χ0n) is 11.8. The van der Waals surface area contributed by atoms with Crippen molar-refractivity contribution in [1.29, 1.82) is 0 Å². The van der Waals surface area contributed by atoms with Crippen molar-refractivity contribution >= 4 is 35.0 Å². The van der Waals surface area contributed by atoms with Crippen LogP contribution in [-0.4, -0.2) is 18.1 Å². The Morgan fingerprint density at radius 2 is 1.38 bits per heavy atom. The number of amides is 2. The lowest BCUT2D eigenvalue weighted by molar-refractivity contribution is -0.114. The van der Waals surface area contributed by atoms with Crippen molar-refractivity contribution < 1.29 is 9.59 Å². The summed E-state index contributed by atoms with van der Waals surface area (Å²) in [5.41, 5.74) is 1.99. The molecule has 0 saturated carbocycles. The second kappa shape index (κ2) is 6.95. The van der Waals surface area contributed by atoms with Crippen molar-refractivity contribution in [2.24, 2.45) is 0 Å². The van der Waals surface area contributed by atoms with Crippen LogP contribution in [0.15, 0.2) is 53.4 Å². The summed E-state index contributed by atoms with van der Waals surface area (Å²) >= 11 is 1.63. The number of nitrogens with one attached hydrogen (secondary N) is 2. The largest absolute Gasteiger partial charge is 0.326 e. The highest BCUT2D eigenvalue weighted by molar-refractivity contribution is 7.98. The number of benzene rings is 2. The van der Waals surface area contributed by atoms with Crippen LogP contribution in [0.1, 0.15) is 17.3 Å². The molecule has 0 saturated heterocycles. The lowest BCUT2D eigenvalue weighted by atomic mass is 10.2. The highest BCUT2D eigenvalue weighted by Crippen LogP contribution is 2.17. The van der Waals surface area contributed by atoms with Crippen LogP contribution in [0.2, 0.25) is 0 Å². The minimum absolute atomic E-state index is 0.124. The van der Waals surface area contributed by atoms with Gasteiger partial charge in [-0.2, -0.15) is 0 Å². The maximum Gasteiger partial charge on any atom is 0.255 e. The zero-order chi connectivity index (χ0) is 15.2. The summed E-state index contributed by atoms with van der Waals surface area (Å²) in [6.45, 7) is 1.45. The Kier molecular flexibility index (Phi) is 5.00. The summed E-state index contributed by atoms with van der Waals surface area (Å²) in [4.78, 5) is 24.1. The Morgan fingerprint density at radius 1 is 0.857 bits per heavy atom. The molecule has 0 fully saturated rings. The van der Waals surface area contributed by atoms with Crippen LogP contribution in [0.25, 0.3) is 0 Å². The molecule has 108 valence electrons. The Bertz CT molecular complexity index is 636. The fraction of sp³-hybridized carbons (Fsp3) is 0.125. The molecule has 0 unspecified atom stereocenters. The van der Waals surface area contributed by atoms with Gasteiger partial charge in [0.1, 0.15) is 0 Å². The van der Waals surface area contributed by atoms with Gasteiger partial charge in [-0.05, 0) is 54.8 Å². The molecule has 0 aliphatic heterocycles. The third-order valence-corrected chi connectivity index (χ3v) is 3.56. The SMILES string of the molecule is CSc1ccc(C(=O)Nc2ccc(NC(C)=O)cc2)cc1. The van der Waals surface area contributed by atoms with E-state index in [1.54, 1.807) is 48.2 Å². The van der Waals surface area contributed by atoms with Gasteiger partial charge in [0.25, 0.3) is 5.91 Å². The molecule has 5 heteroatoms. The first-order valence-electron chi connectivity index (χ1n) is 6.41. The maximum atomic E-state index is 12.1. The molecule has 0 atom stereocenters. The van der Waals surface area contributed by atoms with Gasteiger partial charge in [0, 0.05) is 28.8 Å². The summed E-state index contributed by atoms with van der Waals surface area (Å²) in [7, 11) is 0. The lowest BCUT2D eigenvalue weighted by Crippen LogP contribution is -2.12. The number of anilines is 2. The van der Waals surface area contributed by atoms with Crippen LogP contribution < -0.4 is 10.6 Å². The quantitative estimate of drug-likeness (QED) is 0.848. The minimum Gasteiger partial charge on any atom is -0.326 e. The van der Waals surface area contributed by atoms with E-state index in [9.17, 15) is 9.59 Å². The molecule has 2 aromatic carbocycles. The number of hydrogen-bond acceptors (Lipinski definition) is 3. The smallest absolute Gasteiger partial charge is 0.255 e. The first-order valence-corrected chi connectivity index (χ1v) is 7.64. The van der Waals surface area contributed by atoms with Crippen LogP contribution in [0.4, 0.5) is 11.4 Å². The third kappa shape index (κ3) is 4.36. The molecule has 0 spiro atoms. The molecule has 0 aliphatic rings. The van der Waals surface area contributed by atoms with Crippen molar-refractivity contribution in [3.05, 3.63) is 54.1 Å². The molecule has 4 nitrogen and oxygen atoms in total. The van der Waals surface area contributed by atoms with E-state index >= 15 is 0 Å². The predicted molar refractivity (Wildman–Crippen MR) is 86.9 cm³/mol. The van der Waals surface area contributed by atoms with Gasteiger partial charge in [0.05, 0.1) is 0 Å². The zero-order valence-corrected chi connectivity index (χ0v) is 12.7. The molecule has 2 rings (SSSR count). The Morgan fingerprint density at radius 3 is 1.86 bits per heavy atom. The summed E-state index contributed by atoms with van der Waals surface area (Å²) in [6.07, 6.45) is 1.99. The number of carbonyl (C=O) groups is 2. The average Bonchev–Trinajstić information content (AvgIpc) is 2.49. The van der Waals surface area contributed by atoms with Gasteiger partial charge in [-0.15, -0.1) is 11.8 Å². The molecule has 2 aromatic rings. The fourth-order valence-corrected chi connectivity index (χ4v) is 2.19. The fourth-order valence-electron chi connectivity index (χ4n) is 1.79. The normalized spacial score (nSPS) is 10.0. The molecular weight excluding hydrogens is 284 g/mol. The molecule has 0 radical (unpaired) electrons. The van der Waals surface area contributed by atoms with E-state index in [-0.39, 0.29) is 11.8 Å². The van der Waals surface area contributed by atoms with E-state index in [1.807, 2.05) is 18.4 Å². The van der Waals surface area contributed by atoms with Gasteiger partial charge in [0.2, 0.25) is 5.91 Å². The van der Waals surface area contributed by atoms with Crippen LogP contribution in [0, 0.1) is 0 Å². The first-order chi connectivity index (χ1) is 10.1. The van der Waals surface area contributed by atoms with Gasteiger partial charge in [-0.1, -0.05) is 0 Å². The van der Waals surface area contributed by atoms with E-state index in [0.29, 0.717) is 16.9 Å². The summed E-state index contributed by atoms with van der Waals surface area (Å²) in [5, 5.41) is 5.49. The van der Waals surface area contributed by atoms with Gasteiger partial charge in [0.15, 0.2) is 0 Å². The first kappa shape index (κ1) is 15.1. The van der Waals surface area contributed by atoms with Crippen LogP contribution in [0.3, 0.4) is 0 Å². The van der Waals surface area contributed by atoms with Crippen molar-refractivity contribution in [3.63, 3.8) is 0 Å². The third-order valence-electron chi connectivity index (χ3n) is 2.82. The number of rotatable bonds is 4. The number of thioether (sulfide) groups is 1. The number of carbonyl (C=O) groups excluding carboxylic acids is 2. The van der Waals surface area contributed by atoms with Gasteiger partial charge >= 0.3 is 0 Å². The summed E-state index contributed by atoms with van der Waals surface area (Å²) < 4.78 is 0. The van der Waals surface area contributed by atoms with E-state index < -0.39 is 0 Å². The van der Waals surface area contributed by atoms with E-state index in [2.05, 4.69) is 10.6 Å². The second-order valence-corrected chi connectivity index (χ2v) is 5.32. The van der Waals surface area contributed by atoms with Crippen molar-refractivity contribution in [1.82, 2.24) is 0 Å². The van der Waals surface area contributed by atoms with E-state index in [4.69, 9.17) is 0 Å². The van der Waals surface area contributed by atoms with Gasteiger partial charge in [-0.3, -0.25) is 9.59 Å². The Balaban J connectivity index is 2.03. The topological polar surface area (TPSA) is 58.2 Å². The minimum atomic E-state index is -0.157. The number of hydrogen-bond donors (Lipinski definition) is 2. The molecule has 0 aliphatic carbocycles. The molecule has 2 amide bonds. The standard InChI is InChI=1S/C16H16N2O2S/c1-11(19)17-13-5-7-14(8-6-13)18-16(20)12-3-9-15(21-2)10-4-12/h3-10H,1-2H3,(H,17,19)(H,18,20). The summed E-state index contributed by atoms with van der Waals surface area (Å²) in [6, 6.07) is 14.4.